The van der Waals surface area contributed by atoms with E-state index in [1.165, 1.54) is 24.6 Å². The first-order valence-electron chi connectivity index (χ1n) is 10.2. The summed E-state index contributed by atoms with van der Waals surface area (Å²) < 4.78 is 39.3. The Morgan fingerprint density at radius 1 is 1.11 bits per heavy atom. The number of nitrogens with zero attached hydrogens (tertiary/aromatic N) is 2. The molecule has 2 heterocycles. The Kier molecular flexibility index (Phi) is 6.53. The number of hydrogen-bond acceptors (Lipinski definition) is 2. The first-order chi connectivity index (χ1) is 13.2. The fourth-order valence-electron chi connectivity index (χ4n) is 4.66. The van der Waals surface area contributed by atoms with Gasteiger partial charge in [-0.25, -0.2) is 4.79 Å². The van der Waals surface area contributed by atoms with Gasteiger partial charge in [0.15, 0.2) is 0 Å². The third kappa shape index (κ3) is 5.40. The molecule has 2 fully saturated rings. The Hall–Kier alpha value is -1.76. The van der Waals surface area contributed by atoms with Gasteiger partial charge in [-0.05, 0) is 49.1 Å². The molecule has 1 aromatic carbocycles. The molecular weight excluding hydrogens is 367 g/mol. The molecule has 0 aromatic heterocycles. The summed E-state index contributed by atoms with van der Waals surface area (Å²) >= 11 is 0. The number of benzene rings is 1. The van der Waals surface area contributed by atoms with Crippen molar-refractivity contribution in [2.75, 3.05) is 38.0 Å². The SMILES string of the molecule is C[C@@H]1C[C@@H](C)CN(CC2CCN(C(=O)Nc3ccccc3C(F)(F)F)CC2)C1. The van der Waals surface area contributed by atoms with Gasteiger partial charge in [-0.1, -0.05) is 26.0 Å². The van der Waals surface area contributed by atoms with Crippen LogP contribution in [-0.2, 0) is 6.18 Å². The maximum atomic E-state index is 13.1. The van der Waals surface area contributed by atoms with Crippen molar-refractivity contribution in [3.63, 3.8) is 0 Å². The number of likely N-dealkylation sites (tertiary alicyclic amines) is 2. The van der Waals surface area contributed by atoms with Crippen LogP contribution in [0.3, 0.4) is 0 Å². The van der Waals surface area contributed by atoms with E-state index in [0.29, 0.717) is 19.0 Å². The Bertz CT molecular complexity index is 661. The molecule has 0 unspecified atom stereocenters. The number of para-hydroxylation sites is 1. The highest BCUT2D eigenvalue weighted by Gasteiger charge is 2.34. The summed E-state index contributed by atoms with van der Waals surface area (Å²) in [5.74, 6) is 2.00. The van der Waals surface area contributed by atoms with Gasteiger partial charge in [0.25, 0.3) is 0 Å². The molecule has 2 aliphatic heterocycles. The van der Waals surface area contributed by atoms with Crippen LogP contribution in [0.5, 0.6) is 0 Å². The highest BCUT2D eigenvalue weighted by molar-refractivity contribution is 5.90. The summed E-state index contributed by atoms with van der Waals surface area (Å²) in [6.07, 6.45) is -1.41. The van der Waals surface area contributed by atoms with Crippen LogP contribution < -0.4 is 5.32 Å². The van der Waals surface area contributed by atoms with Crippen molar-refractivity contribution >= 4 is 11.7 Å². The second-order valence-corrected chi connectivity index (χ2v) is 8.57. The summed E-state index contributed by atoms with van der Waals surface area (Å²) in [5, 5.41) is 2.45. The van der Waals surface area contributed by atoms with Gasteiger partial charge in [0.2, 0.25) is 0 Å². The molecule has 0 aliphatic carbocycles. The molecular formula is C21H30F3N3O. The van der Waals surface area contributed by atoms with E-state index >= 15 is 0 Å². The maximum absolute atomic E-state index is 13.1. The lowest BCUT2D eigenvalue weighted by molar-refractivity contribution is -0.136. The third-order valence-corrected chi connectivity index (χ3v) is 5.84. The quantitative estimate of drug-likeness (QED) is 0.785. The van der Waals surface area contributed by atoms with E-state index in [9.17, 15) is 18.0 Å². The van der Waals surface area contributed by atoms with Crippen molar-refractivity contribution in [2.24, 2.45) is 17.8 Å². The molecule has 0 radical (unpaired) electrons. The van der Waals surface area contributed by atoms with Crippen LogP contribution in [0, 0.1) is 17.8 Å². The lowest BCUT2D eigenvalue weighted by Gasteiger charge is -2.39. The van der Waals surface area contributed by atoms with E-state index in [-0.39, 0.29) is 5.69 Å². The Morgan fingerprint density at radius 2 is 1.71 bits per heavy atom. The molecule has 0 bridgehead atoms. The van der Waals surface area contributed by atoms with Crippen LogP contribution in [0.25, 0.3) is 0 Å². The highest BCUT2D eigenvalue weighted by Crippen LogP contribution is 2.34. The number of hydrogen-bond donors (Lipinski definition) is 1. The molecule has 3 rings (SSSR count). The van der Waals surface area contributed by atoms with Crippen LogP contribution in [0.15, 0.2) is 24.3 Å². The van der Waals surface area contributed by atoms with Gasteiger partial charge in [0.1, 0.15) is 0 Å². The first-order valence-corrected chi connectivity index (χ1v) is 10.2. The molecule has 2 saturated heterocycles. The normalized spacial score (nSPS) is 25.0. The minimum Gasteiger partial charge on any atom is -0.325 e. The van der Waals surface area contributed by atoms with Crippen molar-refractivity contribution in [2.45, 2.75) is 39.3 Å². The summed E-state index contributed by atoms with van der Waals surface area (Å²) in [5.41, 5.74) is -0.995. The number of rotatable bonds is 3. The average molecular weight is 397 g/mol. The lowest BCUT2D eigenvalue weighted by atomic mass is 9.89. The number of alkyl halides is 3. The van der Waals surface area contributed by atoms with Gasteiger partial charge in [0, 0.05) is 32.7 Å². The van der Waals surface area contributed by atoms with Crippen molar-refractivity contribution < 1.29 is 18.0 Å². The minimum atomic E-state index is -4.49. The molecule has 1 N–H and O–H groups in total. The van der Waals surface area contributed by atoms with Crippen LogP contribution >= 0.6 is 0 Å². The zero-order valence-corrected chi connectivity index (χ0v) is 16.6. The Labute approximate surface area is 165 Å². The van der Waals surface area contributed by atoms with Crippen molar-refractivity contribution in [3.05, 3.63) is 29.8 Å². The molecule has 4 nitrogen and oxygen atoms in total. The average Bonchev–Trinajstić information content (AvgIpc) is 2.61. The second-order valence-electron chi connectivity index (χ2n) is 8.57. The zero-order chi connectivity index (χ0) is 20.3. The fourth-order valence-corrected chi connectivity index (χ4v) is 4.66. The molecule has 2 atom stereocenters. The highest BCUT2D eigenvalue weighted by atomic mass is 19.4. The molecule has 28 heavy (non-hydrogen) atoms. The van der Waals surface area contributed by atoms with E-state index in [1.54, 1.807) is 4.90 Å². The Morgan fingerprint density at radius 3 is 2.32 bits per heavy atom. The second kappa shape index (κ2) is 8.72. The van der Waals surface area contributed by atoms with E-state index < -0.39 is 17.8 Å². The molecule has 156 valence electrons. The van der Waals surface area contributed by atoms with Gasteiger partial charge < -0.3 is 15.1 Å². The molecule has 2 aliphatic rings. The topological polar surface area (TPSA) is 35.6 Å². The number of anilines is 1. The molecule has 0 saturated carbocycles. The van der Waals surface area contributed by atoms with Crippen molar-refractivity contribution in [3.8, 4) is 0 Å². The third-order valence-electron chi connectivity index (χ3n) is 5.84. The van der Waals surface area contributed by atoms with Crippen molar-refractivity contribution in [1.29, 1.82) is 0 Å². The monoisotopic (exact) mass is 397 g/mol. The predicted octanol–water partition coefficient (Wildman–Crippen LogP) is 4.93. The standard InChI is InChI=1S/C21H30F3N3O/c1-15-11-16(2)13-26(12-15)14-17-7-9-27(10-8-17)20(28)25-19-6-4-3-5-18(19)21(22,23)24/h3-6,15-17H,7-14H2,1-2H3,(H,25,28)/t15-,16-/m1/s1. The summed E-state index contributed by atoms with van der Waals surface area (Å²) in [6, 6.07) is 4.66. The summed E-state index contributed by atoms with van der Waals surface area (Å²) in [7, 11) is 0. The van der Waals surface area contributed by atoms with E-state index in [2.05, 4.69) is 24.1 Å². The number of halogens is 3. The van der Waals surface area contributed by atoms with Crippen LogP contribution in [0.1, 0.15) is 38.7 Å². The minimum absolute atomic E-state index is 0.182. The Balaban J connectivity index is 1.51. The molecule has 0 spiro atoms. The number of carbonyl (C=O) groups excluding carboxylic acids is 1. The first kappa shape index (κ1) is 21.0. The maximum Gasteiger partial charge on any atom is 0.418 e. The smallest absolute Gasteiger partial charge is 0.325 e. The summed E-state index contributed by atoms with van der Waals surface area (Å²) in [6.45, 7) is 9.11. The van der Waals surface area contributed by atoms with Gasteiger partial charge in [0.05, 0.1) is 11.3 Å². The van der Waals surface area contributed by atoms with Gasteiger partial charge in [-0.15, -0.1) is 0 Å². The molecule has 7 heteroatoms. The largest absolute Gasteiger partial charge is 0.418 e. The van der Waals surface area contributed by atoms with Gasteiger partial charge in [-0.3, -0.25) is 0 Å². The number of urea groups is 1. The number of piperidine rings is 2. The van der Waals surface area contributed by atoms with Crippen LogP contribution in [-0.4, -0.2) is 48.6 Å². The lowest BCUT2D eigenvalue weighted by Crippen LogP contribution is -2.46. The summed E-state index contributed by atoms with van der Waals surface area (Å²) in [4.78, 5) is 16.6. The van der Waals surface area contributed by atoms with E-state index in [0.717, 1.165) is 50.4 Å². The van der Waals surface area contributed by atoms with Gasteiger partial charge in [-0.2, -0.15) is 13.2 Å². The zero-order valence-electron chi connectivity index (χ0n) is 16.6. The van der Waals surface area contributed by atoms with Crippen LogP contribution in [0.4, 0.5) is 23.7 Å². The van der Waals surface area contributed by atoms with Crippen LogP contribution in [0.2, 0.25) is 0 Å². The van der Waals surface area contributed by atoms with Crippen molar-refractivity contribution in [1.82, 2.24) is 9.80 Å². The molecule has 2 amide bonds. The number of amides is 2. The number of carbonyl (C=O) groups is 1. The molecule has 1 aromatic rings. The fraction of sp³-hybridized carbons (Fsp3) is 0.667. The van der Waals surface area contributed by atoms with E-state index in [4.69, 9.17) is 0 Å². The number of nitrogens with one attached hydrogen (secondary N) is 1. The van der Waals surface area contributed by atoms with E-state index in [1.807, 2.05) is 0 Å². The predicted molar refractivity (Wildman–Crippen MR) is 104 cm³/mol. The van der Waals surface area contributed by atoms with Gasteiger partial charge >= 0.3 is 12.2 Å².